The van der Waals surface area contributed by atoms with Crippen LogP contribution in [-0.2, 0) is 16.1 Å². The third-order valence-electron chi connectivity index (χ3n) is 4.96. The molecule has 0 bridgehead atoms. The zero-order valence-electron chi connectivity index (χ0n) is 15.8. The zero-order chi connectivity index (χ0) is 19.8. The normalized spacial score (nSPS) is 15.1. The van der Waals surface area contributed by atoms with Crippen molar-refractivity contribution < 1.29 is 9.59 Å². The standard InChI is InChI=1S/C23H25BrN2O2/c24-20-13-11-18(12-14-20)16-25-23(28)21(15-17-7-3-1-4-8-17)26-22(27)19-9-5-2-6-10-19/h1,3-4,7-8,11-15,19H,2,5-6,9-10,16H2,(H,25,28)(H,26,27)/b21-15-. The van der Waals surface area contributed by atoms with Crippen molar-refractivity contribution in [3.8, 4) is 0 Å². The van der Waals surface area contributed by atoms with E-state index in [1.165, 1.54) is 6.42 Å². The lowest BCUT2D eigenvalue weighted by Crippen LogP contribution is -2.38. The molecule has 0 unspecified atom stereocenters. The first-order valence-electron chi connectivity index (χ1n) is 9.72. The molecule has 3 rings (SSSR count). The van der Waals surface area contributed by atoms with Crippen molar-refractivity contribution in [2.45, 2.75) is 38.6 Å². The van der Waals surface area contributed by atoms with Gasteiger partial charge in [0.25, 0.3) is 5.91 Å². The number of rotatable bonds is 6. The van der Waals surface area contributed by atoms with Crippen LogP contribution in [-0.4, -0.2) is 11.8 Å². The average Bonchev–Trinajstić information content (AvgIpc) is 2.74. The average molecular weight is 441 g/mol. The van der Waals surface area contributed by atoms with Gasteiger partial charge in [-0.25, -0.2) is 0 Å². The van der Waals surface area contributed by atoms with Crippen LogP contribution < -0.4 is 10.6 Å². The molecular weight excluding hydrogens is 416 g/mol. The second-order valence-electron chi connectivity index (χ2n) is 7.10. The van der Waals surface area contributed by atoms with Crippen molar-refractivity contribution in [2.75, 3.05) is 0 Å². The van der Waals surface area contributed by atoms with Crippen LogP contribution in [0, 0.1) is 5.92 Å². The first-order chi connectivity index (χ1) is 13.6. The summed E-state index contributed by atoms with van der Waals surface area (Å²) in [5.74, 6) is -0.344. The Morgan fingerprint density at radius 1 is 0.964 bits per heavy atom. The maximum atomic E-state index is 12.8. The molecule has 0 saturated heterocycles. The maximum absolute atomic E-state index is 12.8. The lowest BCUT2D eigenvalue weighted by molar-refractivity contribution is -0.127. The SMILES string of the molecule is O=C(NCc1ccc(Br)cc1)/C(=C/c1ccccc1)NC(=O)C1CCCCC1. The van der Waals surface area contributed by atoms with E-state index in [-0.39, 0.29) is 17.7 Å². The number of amides is 2. The Bertz CT molecular complexity index is 825. The molecule has 4 nitrogen and oxygen atoms in total. The molecular formula is C23H25BrN2O2. The topological polar surface area (TPSA) is 58.2 Å². The van der Waals surface area contributed by atoms with Crippen molar-refractivity contribution >= 4 is 33.8 Å². The lowest BCUT2D eigenvalue weighted by atomic mass is 9.88. The Balaban J connectivity index is 1.71. The van der Waals surface area contributed by atoms with Crippen molar-refractivity contribution in [1.82, 2.24) is 10.6 Å². The van der Waals surface area contributed by atoms with Gasteiger partial charge in [0.1, 0.15) is 5.70 Å². The van der Waals surface area contributed by atoms with E-state index in [1.807, 2.05) is 54.6 Å². The van der Waals surface area contributed by atoms with Gasteiger partial charge in [0, 0.05) is 16.9 Å². The van der Waals surface area contributed by atoms with E-state index < -0.39 is 0 Å². The van der Waals surface area contributed by atoms with E-state index in [0.29, 0.717) is 12.2 Å². The van der Waals surface area contributed by atoms with Gasteiger partial charge in [-0.3, -0.25) is 9.59 Å². The molecule has 5 heteroatoms. The van der Waals surface area contributed by atoms with Crippen LogP contribution >= 0.6 is 15.9 Å². The molecule has 2 N–H and O–H groups in total. The predicted octanol–water partition coefficient (Wildman–Crippen LogP) is 4.80. The Morgan fingerprint density at radius 2 is 1.64 bits per heavy atom. The smallest absolute Gasteiger partial charge is 0.268 e. The summed E-state index contributed by atoms with van der Waals surface area (Å²) in [7, 11) is 0. The minimum atomic E-state index is -0.282. The molecule has 28 heavy (non-hydrogen) atoms. The highest BCUT2D eigenvalue weighted by molar-refractivity contribution is 9.10. The molecule has 0 aliphatic heterocycles. The highest BCUT2D eigenvalue weighted by Gasteiger charge is 2.23. The van der Waals surface area contributed by atoms with E-state index >= 15 is 0 Å². The molecule has 146 valence electrons. The van der Waals surface area contributed by atoms with E-state index in [0.717, 1.165) is 41.3 Å². The van der Waals surface area contributed by atoms with Gasteiger partial charge in [-0.05, 0) is 42.2 Å². The molecule has 0 heterocycles. The van der Waals surface area contributed by atoms with Crippen molar-refractivity contribution in [1.29, 1.82) is 0 Å². The Morgan fingerprint density at radius 3 is 2.32 bits per heavy atom. The molecule has 1 fully saturated rings. The molecule has 0 spiro atoms. The van der Waals surface area contributed by atoms with Crippen LogP contribution in [0.15, 0.2) is 64.8 Å². The summed E-state index contributed by atoms with van der Waals surface area (Å²) in [4.78, 5) is 25.5. The number of benzene rings is 2. The molecule has 2 amide bonds. The van der Waals surface area contributed by atoms with Gasteiger partial charge in [-0.15, -0.1) is 0 Å². The Hall–Kier alpha value is -2.40. The number of hydrogen-bond donors (Lipinski definition) is 2. The molecule has 2 aromatic rings. The van der Waals surface area contributed by atoms with Gasteiger partial charge in [0.15, 0.2) is 0 Å². The highest BCUT2D eigenvalue weighted by Crippen LogP contribution is 2.24. The molecule has 0 aromatic heterocycles. The lowest BCUT2D eigenvalue weighted by Gasteiger charge is -2.21. The van der Waals surface area contributed by atoms with Gasteiger partial charge in [-0.2, -0.15) is 0 Å². The predicted molar refractivity (Wildman–Crippen MR) is 115 cm³/mol. The van der Waals surface area contributed by atoms with E-state index in [1.54, 1.807) is 6.08 Å². The summed E-state index contributed by atoms with van der Waals surface area (Å²) in [6.07, 6.45) is 6.86. The largest absolute Gasteiger partial charge is 0.347 e. The molecule has 1 aliphatic rings. The number of nitrogens with one attached hydrogen (secondary N) is 2. The summed E-state index contributed by atoms with van der Waals surface area (Å²) in [6.45, 7) is 0.400. The van der Waals surface area contributed by atoms with Crippen LogP contribution in [0.2, 0.25) is 0 Å². The zero-order valence-corrected chi connectivity index (χ0v) is 17.4. The van der Waals surface area contributed by atoms with Crippen molar-refractivity contribution in [3.05, 3.63) is 75.9 Å². The minimum absolute atomic E-state index is 0.00723. The Labute approximate surface area is 174 Å². The molecule has 2 aromatic carbocycles. The molecule has 1 aliphatic carbocycles. The Kier molecular flexibility index (Phi) is 7.43. The van der Waals surface area contributed by atoms with Crippen molar-refractivity contribution in [3.63, 3.8) is 0 Å². The summed E-state index contributed by atoms with van der Waals surface area (Å²) in [6, 6.07) is 17.3. The third-order valence-corrected chi connectivity index (χ3v) is 5.48. The minimum Gasteiger partial charge on any atom is -0.347 e. The quantitative estimate of drug-likeness (QED) is 0.633. The third kappa shape index (κ3) is 6.06. The van der Waals surface area contributed by atoms with Gasteiger partial charge >= 0.3 is 0 Å². The first kappa shape index (κ1) is 20.3. The van der Waals surface area contributed by atoms with Crippen molar-refractivity contribution in [2.24, 2.45) is 5.92 Å². The molecule has 0 atom stereocenters. The molecule has 0 radical (unpaired) electrons. The van der Waals surface area contributed by atoms with E-state index in [2.05, 4.69) is 26.6 Å². The van der Waals surface area contributed by atoms with Gasteiger partial charge < -0.3 is 10.6 Å². The number of halogens is 1. The van der Waals surface area contributed by atoms with Crippen LogP contribution in [0.5, 0.6) is 0 Å². The van der Waals surface area contributed by atoms with E-state index in [4.69, 9.17) is 0 Å². The summed E-state index contributed by atoms with van der Waals surface area (Å²) >= 11 is 3.41. The van der Waals surface area contributed by atoms with Gasteiger partial charge in [0.2, 0.25) is 5.91 Å². The van der Waals surface area contributed by atoms with E-state index in [9.17, 15) is 9.59 Å². The second kappa shape index (κ2) is 10.2. The number of hydrogen-bond acceptors (Lipinski definition) is 2. The maximum Gasteiger partial charge on any atom is 0.268 e. The van der Waals surface area contributed by atoms with Crippen LogP contribution in [0.1, 0.15) is 43.2 Å². The van der Waals surface area contributed by atoms with Gasteiger partial charge in [0.05, 0.1) is 0 Å². The number of carbonyl (C=O) groups is 2. The first-order valence-corrected chi connectivity index (χ1v) is 10.5. The fourth-order valence-electron chi connectivity index (χ4n) is 3.35. The second-order valence-corrected chi connectivity index (χ2v) is 8.02. The van der Waals surface area contributed by atoms with Crippen LogP contribution in [0.25, 0.3) is 6.08 Å². The molecule has 1 saturated carbocycles. The van der Waals surface area contributed by atoms with Gasteiger partial charge in [-0.1, -0.05) is 77.7 Å². The highest BCUT2D eigenvalue weighted by atomic mass is 79.9. The fourth-order valence-corrected chi connectivity index (χ4v) is 3.62. The summed E-state index contributed by atoms with van der Waals surface area (Å²) in [5, 5.41) is 5.79. The number of carbonyl (C=O) groups excluding carboxylic acids is 2. The summed E-state index contributed by atoms with van der Waals surface area (Å²) < 4.78 is 0.993. The summed E-state index contributed by atoms with van der Waals surface area (Å²) in [5.41, 5.74) is 2.16. The monoisotopic (exact) mass is 440 g/mol. The van der Waals surface area contributed by atoms with Crippen LogP contribution in [0.4, 0.5) is 0 Å². The van der Waals surface area contributed by atoms with Crippen LogP contribution in [0.3, 0.4) is 0 Å². The fraction of sp³-hybridized carbons (Fsp3) is 0.304.